The molecule has 2 nitrogen and oxygen atoms in total. The van der Waals surface area contributed by atoms with Crippen LogP contribution in [-0.2, 0) is 10.8 Å². The molecule has 1 heterocycles. The maximum Gasteiger partial charge on any atom is 0.135 e. The molecule has 0 fully saturated rings. The van der Waals surface area contributed by atoms with Crippen LogP contribution in [0.4, 0.5) is 17.1 Å². The molecule has 0 radical (unpaired) electrons. The number of rotatable bonds is 4. The summed E-state index contributed by atoms with van der Waals surface area (Å²) < 4.78 is 6.16. The van der Waals surface area contributed by atoms with Crippen LogP contribution in [0.2, 0.25) is 0 Å². The third-order valence-electron chi connectivity index (χ3n) is 12.4. The van der Waals surface area contributed by atoms with Crippen molar-refractivity contribution < 1.29 is 4.42 Å². The monoisotopic (exact) mass is 693 g/mol. The molecule has 0 saturated carbocycles. The lowest BCUT2D eigenvalue weighted by Gasteiger charge is -2.31. The van der Waals surface area contributed by atoms with Crippen LogP contribution < -0.4 is 4.90 Å². The molecule has 0 spiro atoms. The molecule has 0 bridgehead atoms. The molecule has 0 amide bonds. The lowest BCUT2D eigenvalue weighted by atomic mass is 9.80. The van der Waals surface area contributed by atoms with Crippen molar-refractivity contribution in [2.45, 2.75) is 38.5 Å². The average Bonchev–Trinajstić information content (AvgIpc) is 3.78. The van der Waals surface area contributed by atoms with Crippen LogP contribution in [0.5, 0.6) is 0 Å². The van der Waals surface area contributed by atoms with E-state index in [4.69, 9.17) is 4.42 Å². The number of furan rings is 1. The van der Waals surface area contributed by atoms with Crippen molar-refractivity contribution in [1.82, 2.24) is 0 Å². The van der Waals surface area contributed by atoms with Gasteiger partial charge < -0.3 is 9.32 Å². The van der Waals surface area contributed by atoms with E-state index in [-0.39, 0.29) is 10.8 Å². The molecule has 2 aliphatic carbocycles. The minimum absolute atomic E-state index is 0.118. The summed E-state index contributed by atoms with van der Waals surface area (Å²) in [6.45, 7) is 9.52. The smallest absolute Gasteiger partial charge is 0.135 e. The van der Waals surface area contributed by atoms with Crippen LogP contribution in [0.3, 0.4) is 0 Å². The number of hydrogen-bond donors (Lipinski definition) is 0. The Morgan fingerprint density at radius 3 is 1.85 bits per heavy atom. The Morgan fingerprint density at radius 2 is 1.04 bits per heavy atom. The van der Waals surface area contributed by atoms with Gasteiger partial charge in [0.25, 0.3) is 0 Å². The van der Waals surface area contributed by atoms with Crippen molar-refractivity contribution in [2.75, 3.05) is 4.90 Å². The Bertz CT molecular complexity index is 3000. The molecular formula is C52H39NO. The number of para-hydroxylation sites is 1. The summed E-state index contributed by atoms with van der Waals surface area (Å²) >= 11 is 0. The van der Waals surface area contributed by atoms with Crippen molar-refractivity contribution >= 4 is 49.8 Å². The van der Waals surface area contributed by atoms with Crippen LogP contribution in [-0.4, -0.2) is 0 Å². The Labute approximate surface area is 315 Å². The fourth-order valence-corrected chi connectivity index (χ4v) is 9.78. The predicted octanol–water partition coefficient (Wildman–Crippen LogP) is 14.5. The minimum atomic E-state index is -0.158. The average molecular weight is 694 g/mol. The van der Waals surface area contributed by atoms with Gasteiger partial charge in [-0.05, 0) is 109 Å². The van der Waals surface area contributed by atoms with E-state index in [2.05, 4.69) is 184 Å². The Hall–Kier alpha value is -6.38. The number of fused-ring (bicyclic) bond motifs is 11. The summed E-state index contributed by atoms with van der Waals surface area (Å²) in [4.78, 5) is 2.51. The Morgan fingerprint density at radius 1 is 0.426 bits per heavy atom. The van der Waals surface area contributed by atoms with E-state index >= 15 is 0 Å². The number of hydrogen-bond acceptors (Lipinski definition) is 2. The van der Waals surface area contributed by atoms with Crippen molar-refractivity contribution in [3.05, 3.63) is 186 Å². The summed E-state index contributed by atoms with van der Waals surface area (Å²) in [7, 11) is 0. The maximum atomic E-state index is 6.16. The molecular weight excluding hydrogens is 655 g/mol. The van der Waals surface area contributed by atoms with Gasteiger partial charge in [-0.15, -0.1) is 0 Å². The molecule has 258 valence electrons. The third-order valence-corrected chi connectivity index (χ3v) is 12.4. The van der Waals surface area contributed by atoms with E-state index in [9.17, 15) is 0 Å². The second kappa shape index (κ2) is 11.1. The summed E-state index contributed by atoms with van der Waals surface area (Å²) in [5, 5.41) is 4.86. The molecule has 9 aromatic rings. The van der Waals surface area contributed by atoms with Gasteiger partial charge in [0, 0.05) is 38.5 Å². The SMILES string of the molecule is CC1(C)c2ccccc2-c2ccc(N(c3ccc(-c4ccc5oc6ccccc6c5c4)cc3)c3cc4ccccc4c4c3-c3ccccc3C4(C)C)cc21. The first-order chi connectivity index (χ1) is 26.3. The molecule has 0 unspecified atom stereocenters. The van der Waals surface area contributed by atoms with Gasteiger partial charge >= 0.3 is 0 Å². The molecule has 11 rings (SSSR count). The summed E-state index contributed by atoms with van der Waals surface area (Å²) in [5.74, 6) is 0. The summed E-state index contributed by atoms with van der Waals surface area (Å²) in [5.41, 5.74) is 18.2. The highest BCUT2D eigenvalue weighted by atomic mass is 16.3. The van der Waals surface area contributed by atoms with E-state index in [1.54, 1.807) is 0 Å². The fourth-order valence-electron chi connectivity index (χ4n) is 9.78. The summed E-state index contributed by atoms with van der Waals surface area (Å²) in [6, 6.07) is 60.4. The quantitative estimate of drug-likeness (QED) is 0.182. The zero-order valence-corrected chi connectivity index (χ0v) is 30.9. The zero-order valence-electron chi connectivity index (χ0n) is 30.9. The molecule has 0 saturated heterocycles. The molecule has 54 heavy (non-hydrogen) atoms. The highest BCUT2D eigenvalue weighted by Gasteiger charge is 2.40. The Kier molecular flexibility index (Phi) is 6.39. The van der Waals surface area contributed by atoms with E-state index in [1.807, 2.05) is 12.1 Å². The second-order valence-electron chi connectivity index (χ2n) is 16.1. The molecule has 0 atom stereocenters. The molecule has 8 aromatic carbocycles. The molecule has 2 aliphatic rings. The van der Waals surface area contributed by atoms with Gasteiger partial charge in [-0.2, -0.15) is 0 Å². The van der Waals surface area contributed by atoms with Crippen LogP contribution in [0.15, 0.2) is 168 Å². The maximum absolute atomic E-state index is 6.16. The number of benzene rings is 8. The fraction of sp³-hybridized carbons (Fsp3) is 0.115. The van der Waals surface area contributed by atoms with Crippen LogP contribution >= 0.6 is 0 Å². The van der Waals surface area contributed by atoms with Gasteiger partial charge in [0.1, 0.15) is 11.2 Å². The normalized spacial score (nSPS) is 14.6. The van der Waals surface area contributed by atoms with Crippen LogP contribution in [0.1, 0.15) is 49.9 Å². The number of anilines is 3. The van der Waals surface area contributed by atoms with Gasteiger partial charge in [-0.1, -0.05) is 143 Å². The standard InChI is InChI=1S/C52H39NO/c1-51(2)43-18-10-7-15-38(43)39-27-26-36(31-45(39)51)53(35-24-21-32(22-25-35)33-23-28-48-42(29-33)40-16-9-12-20-47(40)54-48)46-30-34-13-5-6-14-37(34)50-49(46)41-17-8-11-19-44(41)52(50,3)4/h5-31H,1-4H3. The summed E-state index contributed by atoms with van der Waals surface area (Å²) in [6.07, 6.45) is 0. The van der Waals surface area contributed by atoms with Crippen molar-refractivity contribution in [1.29, 1.82) is 0 Å². The lowest BCUT2D eigenvalue weighted by Crippen LogP contribution is -2.18. The highest BCUT2D eigenvalue weighted by molar-refractivity contribution is 6.07. The van der Waals surface area contributed by atoms with Crippen LogP contribution in [0.25, 0.3) is 66.1 Å². The van der Waals surface area contributed by atoms with Crippen molar-refractivity contribution in [3.8, 4) is 33.4 Å². The van der Waals surface area contributed by atoms with Crippen molar-refractivity contribution in [3.63, 3.8) is 0 Å². The minimum Gasteiger partial charge on any atom is -0.456 e. The van der Waals surface area contributed by atoms with E-state index in [0.717, 1.165) is 33.3 Å². The molecule has 2 heteroatoms. The van der Waals surface area contributed by atoms with E-state index in [0.29, 0.717) is 0 Å². The first-order valence-corrected chi connectivity index (χ1v) is 19.0. The van der Waals surface area contributed by atoms with E-state index in [1.165, 1.54) is 72.1 Å². The van der Waals surface area contributed by atoms with Gasteiger partial charge in [-0.25, -0.2) is 0 Å². The Balaban J connectivity index is 1.14. The topological polar surface area (TPSA) is 16.4 Å². The van der Waals surface area contributed by atoms with E-state index < -0.39 is 0 Å². The predicted molar refractivity (Wildman–Crippen MR) is 226 cm³/mol. The molecule has 1 aromatic heterocycles. The first-order valence-electron chi connectivity index (χ1n) is 19.0. The third kappa shape index (κ3) is 4.28. The first kappa shape index (κ1) is 31.2. The lowest BCUT2D eigenvalue weighted by molar-refractivity contribution is 0.660. The number of nitrogens with zero attached hydrogens (tertiary/aromatic N) is 1. The van der Waals surface area contributed by atoms with Gasteiger partial charge in [0.05, 0.1) is 5.69 Å². The second-order valence-corrected chi connectivity index (χ2v) is 16.1. The zero-order chi connectivity index (χ0) is 36.3. The molecule has 0 N–H and O–H groups in total. The molecule has 0 aliphatic heterocycles. The van der Waals surface area contributed by atoms with Crippen LogP contribution in [0, 0.1) is 0 Å². The van der Waals surface area contributed by atoms with Gasteiger partial charge in [0.15, 0.2) is 0 Å². The van der Waals surface area contributed by atoms with Gasteiger partial charge in [0.2, 0.25) is 0 Å². The van der Waals surface area contributed by atoms with Gasteiger partial charge in [-0.3, -0.25) is 0 Å². The highest BCUT2D eigenvalue weighted by Crippen LogP contribution is 2.57. The van der Waals surface area contributed by atoms with Crippen molar-refractivity contribution in [2.24, 2.45) is 0 Å². The largest absolute Gasteiger partial charge is 0.456 e.